The minimum atomic E-state index is -0.328. The van der Waals surface area contributed by atoms with Gasteiger partial charge in [-0.2, -0.15) is 0 Å². The van der Waals surface area contributed by atoms with E-state index in [1.54, 1.807) is 12.1 Å². The summed E-state index contributed by atoms with van der Waals surface area (Å²) >= 11 is 0. The smallest absolute Gasteiger partial charge is 0.337 e. The summed E-state index contributed by atoms with van der Waals surface area (Å²) in [5, 5.41) is 0. The third kappa shape index (κ3) is 2.85. The minimum Gasteiger partial charge on any atom is -0.465 e. The topological polar surface area (TPSA) is 26.3 Å². The van der Waals surface area contributed by atoms with Crippen LogP contribution in [-0.2, 0) is 4.74 Å². The van der Waals surface area contributed by atoms with Gasteiger partial charge in [-0.15, -0.1) is 0 Å². The van der Waals surface area contributed by atoms with Crippen LogP contribution in [0.2, 0.25) is 0 Å². The first-order valence-electron chi connectivity index (χ1n) is 5.34. The molecule has 1 aromatic carbocycles. The van der Waals surface area contributed by atoms with Crippen LogP contribution in [0.4, 0.5) is 0 Å². The molecule has 0 radical (unpaired) electrons. The first kappa shape index (κ1) is 11.2. The van der Waals surface area contributed by atoms with Gasteiger partial charge < -0.3 is 4.74 Å². The van der Waals surface area contributed by atoms with Crippen LogP contribution in [0.25, 0.3) is 0 Å². The highest BCUT2D eigenvalue weighted by Gasteiger charge is 2.03. The Labute approximate surface area is 101 Å². The molecule has 1 aliphatic rings. The molecule has 0 aromatic heterocycles. The standard InChI is InChI=1S/C15H12O2/c1-17-15(16)14-10-8-13(9-11-14)7-6-12-4-2-3-5-12/h2-5,8-12H,1H3. The summed E-state index contributed by atoms with van der Waals surface area (Å²) < 4.78 is 4.62. The molecule has 0 aliphatic heterocycles. The van der Waals surface area contributed by atoms with Gasteiger partial charge in [0.05, 0.1) is 18.6 Å². The van der Waals surface area contributed by atoms with Crippen molar-refractivity contribution in [3.63, 3.8) is 0 Å². The molecule has 0 saturated carbocycles. The fraction of sp³-hybridized carbons (Fsp3) is 0.133. The Hall–Kier alpha value is -2.27. The number of carbonyl (C=O) groups is 1. The van der Waals surface area contributed by atoms with Crippen molar-refractivity contribution < 1.29 is 9.53 Å². The van der Waals surface area contributed by atoms with Crippen molar-refractivity contribution in [3.8, 4) is 11.8 Å². The van der Waals surface area contributed by atoms with Crippen molar-refractivity contribution >= 4 is 5.97 Å². The number of hydrogen-bond acceptors (Lipinski definition) is 2. The first-order valence-corrected chi connectivity index (χ1v) is 5.34. The van der Waals surface area contributed by atoms with Crippen molar-refractivity contribution in [2.75, 3.05) is 7.11 Å². The molecule has 17 heavy (non-hydrogen) atoms. The lowest BCUT2D eigenvalue weighted by atomic mass is 10.1. The molecule has 0 fully saturated rings. The summed E-state index contributed by atoms with van der Waals surface area (Å²) in [5.74, 6) is 6.06. The Morgan fingerprint density at radius 3 is 2.41 bits per heavy atom. The van der Waals surface area contributed by atoms with E-state index in [-0.39, 0.29) is 11.9 Å². The lowest BCUT2D eigenvalue weighted by molar-refractivity contribution is 0.0601. The van der Waals surface area contributed by atoms with Gasteiger partial charge in [-0.1, -0.05) is 36.1 Å². The van der Waals surface area contributed by atoms with E-state index in [1.807, 2.05) is 36.4 Å². The van der Waals surface area contributed by atoms with Gasteiger partial charge in [0.1, 0.15) is 0 Å². The highest BCUT2D eigenvalue weighted by atomic mass is 16.5. The highest BCUT2D eigenvalue weighted by molar-refractivity contribution is 5.89. The maximum Gasteiger partial charge on any atom is 0.337 e. The molecule has 0 N–H and O–H groups in total. The molecule has 84 valence electrons. The van der Waals surface area contributed by atoms with Gasteiger partial charge in [0.25, 0.3) is 0 Å². The van der Waals surface area contributed by atoms with Gasteiger partial charge >= 0.3 is 5.97 Å². The zero-order valence-electron chi connectivity index (χ0n) is 9.51. The largest absolute Gasteiger partial charge is 0.465 e. The molecule has 0 heterocycles. The third-order valence-corrected chi connectivity index (χ3v) is 2.44. The van der Waals surface area contributed by atoms with Gasteiger partial charge in [0, 0.05) is 5.56 Å². The molecule has 0 amide bonds. The number of benzene rings is 1. The second-order valence-corrected chi connectivity index (χ2v) is 3.63. The van der Waals surface area contributed by atoms with Gasteiger partial charge in [-0.3, -0.25) is 0 Å². The summed E-state index contributed by atoms with van der Waals surface area (Å²) in [4.78, 5) is 11.2. The molecular formula is C15H12O2. The molecule has 0 spiro atoms. The quantitative estimate of drug-likeness (QED) is 0.541. The van der Waals surface area contributed by atoms with Crippen molar-refractivity contribution in [2.24, 2.45) is 5.92 Å². The average Bonchev–Trinajstić information content (AvgIpc) is 2.89. The number of hydrogen-bond donors (Lipinski definition) is 0. The molecule has 1 aromatic rings. The van der Waals surface area contributed by atoms with Gasteiger partial charge in [-0.25, -0.2) is 4.79 Å². The second kappa shape index (κ2) is 5.18. The van der Waals surface area contributed by atoms with Crippen LogP contribution in [0.1, 0.15) is 15.9 Å². The minimum absolute atomic E-state index is 0.204. The van der Waals surface area contributed by atoms with E-state index in [1.165, 1.54) is 7.11 Å². The number of carbonyl (C=O) groups excluding carboxylic acids is 1. The van der Waals surface area contributed by atoms with E-state index in [2.05, 4.69) is 16.6 Å². The average molecular weight is 224 g/mol. The molecule has 2 rings (SSSR count). The summed E-state index contributed by atoms with van der Waals surface area (Å²) in [5.41, 5.74) is 1.44. The molecule has 0 unspecified atom stereocenters. The Kier molecular flexibility index (Phi) is 3.42. The van der Waals surface area contributed by atoms with E-state index < -0.39 is 0 Å². The molecule has 0 saturated heterocycles. The fourth-order valence-electron chi connectivity index (χ4n) is 1.50. The van der Waals surface area contributed by atoms with Crippen molar-refractivity contribution in [1.29, 1.82) is 0 Å². The predicted octanol–water partition coefficient (Wildman–Crippen LogP) is 2.57. The van der Waals surface area contributed by atoms with Crippen LogP contribution in [0.15, 0.2) is 48.6 Å². The zero-order valence-corrected chi connectivity index (χ0v) is 9.51. The van der Waals surface area contributed by atoms with E-state index in [0.29, 0.717) is 5.56 Å². The number of allylic oxidation sites excluding steroid dienone is 4. The molecule has 0 atom stereocenters. The van der Waals surface area contributed by atoms with Gasteiger partial charge in [0.15, 0.2) is 0 Å². The molecule has 0 bridgehead atoms. The van der Waals surface area contributed by atoms with Gasteiger partial charge in [0.2, 0.25) is 0 Å². The van der Waals surface area contributed by atoms with Crippen molar-refractivity contribution in [1.82, 2.24) is 0 Å². The normalized spacial score (nSPS) is 13.2. The van der Waals surface area contributed by atoms with Crippen LogP contribution in [0.3, 0.4) is 0 Å². The molecule has 1 aliphatic carbocycles. The SMILES string of the molecule is COC(=O)c1ccc(C#CC2C=CC=C2)cc1. The predicted molar refractivity (Wildman–Crippen MR) is 66.4 cm³/mol. The Morgan fingerprint density at radius 1 is 1.18 bits per heavy atom. The Balaban J connectivity index is 2.10. The molecular weight excluding hydrogens is 212 g/mol. The van der Waals surface area contributed by atoms with Crippen LogP contribution >= 0.6 is 0 Å². The summed E-state index contributed by atoms with van der Waals surface area (Å²) in [7, 11) is 1.37. The molecule has 2 heteroatoms. The van der Waals surface area contributed by atoms with Crippen LogP contribution in [0.5, 0.6) is 0 Å². The van der Waals surface area contributed by atoms with Crippen LogP contribution in [-0.4, -0.2) is 13.1 Å². The van der Waals surface area contributed by atoms with E-state index in [4.69, 9.17) is 0 Å². The Bertz CT molecular complexity index is 512. The summed E-state index contributed by atoms with van der Waals surface area (Å²) in [6.45, 7) is 0. The fourth-order valence-corrected chi connectivity index (χ4v) is 1.50. The van der Waals surface area contributed by atoms with Crippen LogP contribution < -0.4 is 0 Å². The van der Waals surface area contributed by atoms with Gasteiger partial charge in [-0.05, 0) is 24.3 Å². The number of esters is 1. The third-order valence-electron chi connectivity index (χ3n) is 2.44. The highest BCUT2D eigenvalue weighted by Crippen LogP contribution is 2.08. The van der Waals surface area contributed by atoms with E-state index >= 15 is 0 Å². The second-order valence-electron chi connectivity index (χ2n) is 3.63. The summed E-state index contributed by atoms with van der Waals surface area (Å²) in [6, 6.07) is 7.08. The van der Waals surface area contributed by atoms with Crippen molar-refractivity contribution in [3.05, 3.63) is 59.7 Å². The van der Waals surface area contributed by atoms with Crippen molar-refractivity contribution in [2.45, 2.75) is 0 Å². The molecule has 2 nitrogen and oxygen atoms in total. The lowest BCUT2D eigenvalue weighted by Crippen LogP contribution is -2.00. The zero-order chi connectivity index (χ0) is 12.1. The Morgan fingerprint density at radius 2 is 1.82 bits per heavy atom. The van der Waals surface area contributed by atoms with E-state index in [0.717, 1.165) is 5.56 Å². The van der Waals surface area contributed by atoms with E-state index in [9.17, 15) is 4.79 Å². The monoisotopic (exact) mass is 224 g/mol. The maximum absolute atomic E-state index is 11.2. The maximum atomic E-state index is 11.2. The summed E-state index contributed by atoms with van der Waals surface area (Å²) in [6.07, 6.45) is 8.05. The number of ether oxygens (including phenoxy) is 1. The number of rotatable bonds is 1. The van der Waals surface area contributed by atoms with Crippen LogP contribution in [0, 0.1) is 17.8 Å². The number of methoxy groups -OCH3 is 1. The lowest BCUT2D eigenvalue weighted by Gasteiger charge is -1.98. The first-order chi connectivity index (χ1) is 8.29.